The standard InChI is InChI=1S/C12H18ClN5O/c1-19-12-16-10(13)15-11(17-12)14-6-8-4-5-18(7-8)9-2-3-9/h8-9H,2-7H2,1H3,(H,14,15,16,17). The lowest BCUT2D eigenvalue weighted by atomic mass is 10.1. The zero-order valence-electron chi connectivity index (χ0n) is 11.0. The summed E-state index contributed by atoms with van der Waals surface area (Å²) in [6, 6.07) is 1.10. The van der Waals surface area contributed by atoms with E-state index in [1.807, 2.05) is 0 Å². The number of aromatic nitrogens is 3. The smallest absolute Gasteiger partial charge is 0.322 e. The number of nitrogens with zero attached hydrogens (tertiary/aromatic N) is 4. The van der Waals surface area contributed by atoms with Gasteiger partial charge in [-0.3, -0.25) is 0 Å². The summed E-state index contributed by atoms with van der Waals surface area (Å²) in [5.41, 5.74) is 0. The molecule has 1 aliphatic carbocycles. The van der Waals surface area contributed by atoms with Gasteiger partial charge >= 0.3 is 6.01 Å². The minimum Gasteiger partial charge on any atom is -0.467 e. The molecule has 1 unspecified atom stereocenters. The molecule has 0 spiro atoms. The van der Waals surface area contributed by atoms with Crippen LogP contribution in [0.5, 0.6) is 6.01 Å². The zero-order chi connectivity index (χ0) is 13.2. The average molecular weight is 284 g/mol. The second kappa shape index (κ2) is 5.46. The molecule has 1 aliphatic heterocycles. The molecular formula is C12H18ClN5O. The van der Waals surface area contributed by atoms with E-state index in [0.29, 0.717) is 11.9 Å². The fourth-order valence-corrected chi connectivity index (χ4v) is 2.69. The maximum absolute atomic E-state index is 5.81. The third kappa shape index (κ3) is 3.25. The molecule has 0 aromatic carbocycles. The molecule has 104 valence electrons. The third-order valence-electron chi connectivity index (χ3n) is 3.70. The number of ether oxygens (including phenoxy) is 1. The fraction of sp³-hybridized carbons (Fsp3) is 0.750. The van der Waals surface area contributed by atoms with Crippen molar-refractivity contribution in [2.24, 2.45) is 5.92 Å². The summed E-state index contributed by atoms with van der Waals surface area (Å²) in [6.07, 6.45) is 3.99. The molecule has 2 aliphatic rings. The van der Waals surface area contributed by atoms with Crippen LogP contribution in [0.2, 0.25) is 5.28 Å². The summed E-state index contributed by atoms with van der Waals surface area (Å²) in [6.45, 7) is 3.26. The van der Waals surface area contributed by atoms with Crippen LogP contribution < -0.4 is 10.1 Å². The Hall–Kier alpha value is -1.14. The Labute approximate surface area is 117 Å². The number of halogens is 1. The quantitative estimate of drug-likeness (QED) is 0.882. The van der Waals surface area contributed by atoms with Crippen LogP contribution in [0.4, 0.5) is 5.95 Å². The molecule has 3 rings (SSSR count). The molecular weight excluding hydrogens is 266 g/mol. The van der Waals surface area contributed by atoms with Gasteiger partial charge in [0.15, 0.2) is 0 Å². The molecule has 6 nitrogen and oxygen atoms in total. The molecule has 1 saturated carbocycles. The van der Waals surface area contributed by atoms with Crippen LogP contribution in [0.1, 0.15) is 19.3 Å². The predicted octanol–water partition coefficient (Wildman–Crippen LogP) is 1.43. The van der Waals surface area contributed by atoms with Crippen LogP contribution in [0.3, 0.4) is 0 Å². The summed E-state index contributed by atoms with van der Waals surface area (Å²) in [7, 11) is 1.51. The molecule has 2 fully saturated rings. The minimum atomic E-state index is 0.153. The van der Waals surface area contributed by atoms with Gasteiger partial charge in [0, 0.05) is 19.1 Å². The highest BCUT2D eigenvalue weighted by Crippen LogP contribution is 2.31. The first-order valence-corrected chi connectivity index (χ1v) is 7.06. The van der Waals surface area contributed by atoms with Crippen LogP contribution in [-0.2, 0) is 0 Å². The molecule has 1 saturated heterocycles. The van der Waals surface area contributed by atoms with Crippen molar-refractivity contribution >= 4 is 17.5 Å². The molecule has 0 radical (unpaired) electrons. The number of rotatable bonds is 5. The lowest BCUT2D eigenvalue weighted by Crippen LogP contribution is -2.25. The number of hydrogen-bond donors (Lipinski definition) is 1. The van der Waals surface area contributed by atoms with E-state index in [1.54, 1.807) is 0 Å². The van der Waals surface area contributed by atoms with Gasteiger partial charge in [-0.15, -0.1) is 0 Å². The Morgan fingerprint density at radius 2 is 2.16 bits per heavy atom. The molecule has 0 amide bonds. The number of methoxy groups -OCH3 is 1. The number of anilines is 1. The lowest BCUT2D eigenvalue weighted by Gasteiger charge is -2.15. The van der Waals surface area contributed by atoms with Gasteiger partial charge in [0.2, 0.25) is 11.2 Å². The Balaban J connectivity index is 1.53. The molecule has 1 atom stereocenters. The van der Waals surface area contributed by atoms with Gasteiger partial charge < -0.3 is 15.0 Å². The largest absolute Gasteiger partial charge is 0.467 e. The summed E-state index contributed by atoms with van der Waals surface area (Å²) >= 11 is 5.81. The van der Waals surface area contributed by atoms with Crippen molar-refractivity contribution in [3.8, 4) is 6.01 Å². The maximum atomic E-state index is 5.81. The van der Waals surface area contributed by atoms with Gasteiger partial charge in [0.05, 0.1) is 7.11 Å². The van der Waals surface area contributed by atoms with E-state index in [4.69, 9.17) is 16.3 Å². The molecule has 1 N–H and O–H groups in total. The Morgan fingerprint density at radius 3 is 2.89 bits per heavy atom. The van der Waals surface area contributed by atoms with Crippen molar-refractivity contribution in [3.63, 3.8) is 0 Å². The van der Waals surface area contributed by atoms with E-state index in [2.05, 4.69) is 25.2 Å². The molecule has 7 heteroatoms. The molecule has 19 heavy (non-hydrogen) atoms. The monoisotopic (exact) mass is 283 g/mol. The number of nitrogens with one attached hydrogen (secondary N) is 1. The van der Waals surface area contributed by atoms with Crippen LogP contribution in [0, 0.1) is 5.92 Å². The van der Waals surface area contributed by atoms with Gasteiger partial charge in [0.25, 0.3) is 0 Å². The molecule has 0 bridgehead atoms. The minimum absolute atomic E-state index is 0.153. The highest BCUT2D eigenvalue weighted by molar-refractivity contribution is 6.28. The van der Waals surface area contributed by atoms with Gasteiger partial charge in [-0.2, -0.15) is 15.0 Å². The number of hydrogen-bond acceptors (Lipinski definition) is 6. The zero-order valence-corrected chi connectivity index (χ0v) is 11.7. The highest BCUT2D eigenvalue weighted by atomic mass is 35.5. The lowest BCUT2D eigenvalue weighted by molar-refractivity contribution is 0.316. The second-order valence-corrected chi connectivity index (χ2v) is 5.51. The van der Waals surface area contributed by atoms with Gasteiger partial charge in [-0.25, -0.2) is 0 Å². The first-order chi connectivity index (χ1) is 9.24. The van der Waals surface area contributed by atoms with Crippen LogP contribution in [0.15, 0.2) is 0 Å². The van der Waals surface area contributed by atoms with Crippen molar-refractivity contribution in [3.05, 3.63) is 5.28 Å². The maximum Gasteiger partial charge on any atom is 0.322 e. The molecule has 2 heterocycles. The van der Waals surface area contributed by atoms with Crippen molar-refractivity contribution in [2.45, 2.75) is 25.3 Å². The Bertz CT molecular complexity index is 454. The first-order valence-electron chi connectivity index (χ1n) is 6.68. The topological polar surface area (TPSA) is 63.2 Å². The predicted molar refractivity (Wildman–Crippen MR) is 72.6 cm³/mol. The van der Waals surface area contributed by atoms with Crippen molar-refractivity contribution in [1.29, 1.82) is 0 Å². The first kappa shape index (κ1) is 12.9. The van der Waals surface area contributed by atoms with Crippen molar-refractivity contribution in [2.75, 3.05) is 32.1 Å². The molecule has 1 aromatic heterocycles. The van der Waals surface area contributed by atoms with Gasteiger partial charge in [-0.05, 0) is 43.3 Å². The van der Waals surface area contributed by atoms with Crippen molar-refractivity contribution < 1.29 is 4.74 Å². The summed E-state index contributed by atoms with van der Waals surface area (Å²) in [4.78, 5) is 14.6. The normalized spacial score (nSPS) is 23.6. The van der Waals surface area contributed by atoms with Gasteiger partial charge in [-0.1, -0.05) is 0 Å². The Morgan fingerprint density at radius 1 is 1.32 bits per heavy atom. The Kier molecular flexibility index (Phi) is 3.70. The van der Waals surface area contributed by atoms with Crippen molar-refractivity contribution in [1.82, 2.24) is 19.9 Å². The van der Waals surface area contributed by atoms with E-state index in [1.165, 1.54) is 39.5 Å². The van der Waals surface area contributed by atoms with Crippen LogP contribution in [0.25, 0.3) is 0 Å². The summed E-state index contributed by atoms with van der Waals surface area (Å²) in [5, 5.41) is 3.38. The fourth-order valence-electron chi connectivity index (χ4n) is 2.54. The third-order valence-corrected chi connectivity index (χ3v) is 3.87. The van der Waals surface area contributed by atoms with E-state index in [9.17, 15) is 0 Å². The van der Waals surface area contributed by atoms with E-state index < -0.39 is 0 Å². The number of likely N-dealkylation sites (tertiary alicyclic amines) is 1. The summed E-state index contributed by atoms with van der Waals surface area (Å²) < 4.78 is 4.97. The van der Waals surface area contributed by atoms with Gasteiger partial charge in [0.1, 0.15) is 0 Å². The highest BCUT2D eigenvalue weighted by Gasteiger charge is 2.34. The molecule has 1 aromatic rings. The van der Waals surface area contributed by atoms with E-state index >= 15 is 0 Å². The van der Waals surface area contributed by atoms with Crippen LogP contribution >= 0.6 is 11.6 Å². The second-order valence-electron chi connectivity index (χ2n) is 5.18. The average Bonchev–Trinajstić information content (AvgIpc) is 3.15. The van der Waals surface area contributed by atoms with E-state index in [0.717, 1.165) is 12.6 Å². The SMILES string of the molecule is COc1nc(Cl)nc(NCC2CCN(C3CC3)C2)n1. The van der Waals surface area contributed by atoms with Crippen LogP contribution in [-0.4, -0.2) is 52.6 Å². The summed E-state index contributed by atoms with van der Waals surface area (Å²) in [5.74, 6) is 1.14. The van der Waals surface area contributed by atoms with E-state index in [-0.39, 0.29) is 11.3 Å².